The Balaban J connectivity index is 2.36. The highest BCUT2D eigenvalue weighted by Gasteiger charge is 2.25. The van der Waals surface area contributed by atoms with Gasteiger partial charge in [-0.15, -0.1) is 0 Å². The van der Waals surface area contributed by atoms with Crippen molar-refractivity contribution in [3.63, 3.8) is 0 Å². The monoisotopic (exact) mass is 257 g/mol. The minimum atomic E-state index is -1.04. The van der Waals surface area contributed by atoms with Crippen LogP contribution in [0.15, 0.2) is 0 Å². The number of hydrogen-bond acceptors (Lipinski definition) is 3. The molecule has 1 aliphatic heterocycles. The summed E-state index contributed by atoms with van der Waals surface area (Å²) in [6, 6.07) is -1.69. The van der Waals surface area contributed by atoms with Gasteiger partial charge in [-0.25, -0.2) is 9.59 Å². The van der Waals surface area contributed by atoms with E-state index in [2.05, 4.69) is 16.0 Å². The van der Waals surface area contributed by atoms with Crippen molar-refractivity contribution < 1.29 is 19.5 Å². The third-order valence-corrected chi connectivity index (χ3v) is 2.76. The zero-order chi connectivity index (χ0) is 13.5. The van der Waals surface area contributed by atoms with Gasteiger partial charge >= 0.3 is 12.0 Å². The van der Waals surface area contributed by atoms with Gasteiger partial charge in [0.25, 0.3) is 0 Å². The molecule has 0 aliphatic carbocycles. The summed E-state index contributed by atoms with van der Waals surface area (Å²) in [6.07, 6.45) is 2.25. The fraction of sp³-hybridized carbons (Fsp3) is 0.727. The van der Waals surface area contributed by atoms with Gasteiger partial charge in [0.1, 0.15) is 6.04 Å². The highest BCUT2D eigenvalue weighted by Crippen LogP contribution is 2.02. The van der Waals surface area contributed by atoms with Crippen molar-refractivity contribution in [1.82, 2.24) is 16.0 Å². The van der Waals surface area contributed by atoms with Gasteiger partial charge in [-0.1, -0.05) is 19.8 Å². The van der Waals surface area contributed by atoms with E-state index in [4.69, 9.17) is 5.11 Å². The van der Waals surface area contributed by atoms with Crippen LogP contribution in [0.2, 0.25) is 0 Å². The summed E-state index contributed by atoms with van der Waals surface area (Å²) in [5, 5.41) is 16.5. The smallest absolute Gasteiger partial charge is 0.326 e. The minimum Gasteiger partial charge on any atom is -0.480 e. The van der Waals surface area contributed by atoms with Gasteiger partial charge in [0, 0.05) is 13.0 Å². The number of hydrogen-bond donors (Lipinski definition) is 4. The summed E-state index contributed by atoms with van der Waals surface area (Å²) in [7, 11) is 0. The number of carbonyl (C=O) groups is 3. The van der Waals surface area contributed by atoms with Gasteiger partial charge in [0.15, 0.2) is 0 Å². The lowest BCUT2D eigenvalue weighted by Crippen LogP contribution is -2.49. The lowest BCUT2D eigenvalue weighted by atomic mass is 10.1. The maximum atomic E-state index is 11.6. The summed E-state index contributed by atoms with van der Waals surface area (Å²) in [5.74, 6) is -1.15. The first-order valence-electron chi connectivity index (χ1n) is 6.09. The number of amides is 3. The van der Waals surface area contributed by atoms with Gasteiger partial charge in [-0.2, -0.15) is 0 Å². The van der Waals surface area contributed by atoms with Crippen LogP contribution in [-0.4, -0.2) is 41.6 Å². The van der Waals surface area contributed by atoms with Gasteiger partial charge in [0.05, 0.1) is 6.04 Å². The fourth-order valence-electron chi connectivity index (χ4n) is 1.76. The average Bonchev–Trinajstić information content (AvgIpc) is 2.69. The Bertz CT molecular complexity index is 332. The van der Waals surface area contributed by atoms with Crippen LogP contribution < -0.4 is 16.0 Å². The number of carbonyl (C=O) groups excluding carboxylic acids is 2. The molecule has 18 heavy (non-hydrogen) atoms. The highest BCUT2D eigenvalue weighted by molar-refractivity contribution is 5.84. The largest absolute Gasteiger partial charge is 0.480 e. The zero-order valence-electron chi connectivity index (χ0n) is 10.4. The molecule has 0 aromatic carbocycles. The molecule has 1 rings (SSSR count). The summed E-state index contributed by atoms with van der Waals surface area (Å²) in [4.78, 5) is 33.4. The molecular formula is C11H19N3O4. The molecule has 0 spiro atoms. The molecule has 2 atom stereocenters. The van der Waals surface area contributed by atoms with Crippen LogP contribution in [0.25, 0.3) is 0 Å². The molecule has 3 amide bonds. The van der Waals surface area contributed by atoms with E-state index >= 15 is 0 Å². The second-order valence-corrected chi connectivity index (χ2v) is 4.36. The number of rotatable bonds is 6. The first-order valence-corrected chi connectivity index (χ1v) is 6.09. The van der Waals surface area contributed by atoms with Gasteiger partial charge < -0.3 is 21.1 Å². The Labute approximate surface area is 105 Å². The van der Waals surface area contributed by atoms with Crippen LogP contribution in [-0.2, 0) is 9.59 Å². The van der Waals surface area contributed by atoms with Crippen LogP contribution in [0.1, 0.15) is 32.6 Å². The molecule has 102 valence electrons. The Morgan fingerprint density at radius 1 is 1.56 bits per heavy atom. The predicted molar refractivity (Wildman–Crippen MR) is 64.0 cm³/mol. The molecular weight excluding hydrogens is 238 g/mol. The molecule has 7 heteroatoms. The second kappa shape index (κ2) is 6.83. The maximum absolute atomic E-state index is 11.6. The molecule has 1 heterocycles. The number of aliphatic carboxylic acids is 1. The second-order valence-electron chi connectivity index (χ2n) is 4.36. The Hall–Kier alpha value is -1.79. The van der Waals surface area contributed by atoms with E-state index in [0.29, 0.717) is 13.0 Å². The number of nitrogens with one attached hydrogen (secondary N) is 3. The summed E-state index contributed by atoms with van der Waals surface area (Å²) in [5.41, 5.74) is 0. The molecule has 1 fully saturated rings. The Kier molecular flexibility index (Phi) is 5.41. The lowest BCUT2D eigenvalue weighted by molar-refractivity contribution is -0.139. The predicted octanol–water partition coefficient (Wildman–Crippen LogP) is -0.182. The first-order chi connectivity index (χ1) is 8.52. The van der Waals surface area contributed by atoms with Crippen LogP contribution in [0.3, 0.4) is 0 Å². The Morgan fingerprint density at radius 3 is 2.78 bits per heavy atom. The molecule has 7 nitrogen and oxygen atoms in total. The minimum absolute atomic E-state index is 0.110. The van der Waals surface area contributed by atoms with Crippen LogP contribution in [0.5, 0.6) is 0 Å². The normalized spacial score (nSPS) is 20.1. The van der Waals surface area contributed by atoms with Gasteiger partial charge in [0.2, 0.25) is 5.91 Å². The molecule has 1 saturated heterocycles. The fourth-order valence-corrected chi connectivity index (χ4v) is 1.76. The van der Waals surface area contributed by atoms with Crippen LogP contribution in [0, 0.1) is 0 Å². The molecule has 0 saturated carbocycles. The van der Waals surface area contributed by atoms with Crippen molar-refractivity contribution in [3.8, 4) is 0 Å². The molecule has 0 radical (unpaired) electrons. The van der Waals surface area contributed by atoms with Crippen molar-refractivity contribution in [2.45, 2.75) is 44.7 Å². The van der Waals surface area contributed by atoms with Crippen molar-refractivity contribution in [1.29, 1.82) is 0 Å². The first kappa shape index (κ1) is 14.3. The highest BCUT2D eigenvalue weighted by atomic mass is 16.4. The maximum Gasteiger partial charge on any atom is 0.326 e. The topological polar surface area (TPSA) is 108 Å². The van der Waals surface area contributed by atoms with Crippen molar-refractivity contribution >= 4 is 17.9 Å². The number of unbranched alkanes of at least 4 members (excludes halogenated alkanes) is 1. The van der Waals surface area contributed by atoms with E-state index in [1.54, 1.807) is 0 Å². The van der Waals surface area contributed by atoms with Crippen LogP contribution >= 0.6 is 0 Å². The summed E-state index contributed by atoms with van der Waals surface area (Å²) >= 11 is 0. The lowest BCUT2D eigenvalue weighted by Gasteiger charge is -2.16. The Morgan fingerprint density at radius 2 is 2.28 bits per heavy atom. The molecule has 1 unspecified atom stereocenters. The van der Waals surface area contributed by atoms with Gasteiger partial charge in [-0.05, 0) is 6.42 Å². The standard InChI is InChI=1S/C11H19N3O4/c1-2-3-4-8(10(16)17)14-11(18)13-7-5-9(15)12-6-7/h7-8H,2-6H2,1H3,(H,12,15)(H,16,17)(H2,13,14,18)/t7?,8-/m0/s1. The van der Waals surface area contributed by atoms with Crippen molar-refractivity contribution in [3.05, 3.63) is 0 Å². The van der Waals surface area contributed by atoms with E-state index in [1.165, 1.54) is 0 Å². The SMILES string of the molecule is CCCC[C@H](NC(=O)NC1CNC(=O)C1)C(=O)O. The van der Waals surface area contributed by atoms with Crippen molar-refractivity contribution in [2.24, 2.45) is 0 Å². The number of carboxylic acids is 1. The van der Waals surface area contributed by atoms with E-state index < -0.39 is 18.0 Å². The van der Waals surface area contributed by atoms with Crippen LogP contribution in [0.4, 0.5) is 4.79 Å². The van der Waals surface area contributed by atoms with E-state index in [1.807, 2.05) is 6.92 Å². The zero-order valence-corrected chi connectivity index (χ0v) is 10.4. The number of carboxylic acid groups (broad SMARTS) is 1. The molecule has 0 aromatic heterocycles. The molecule has 4 N–H and O–H groups in total. The molecule has 0 aromatic rings. The summed E-state index contributed by atoms with van der Waals surface area (Å²) < 4.78 is 0. The van der Waals surface area contributed by atoms with E-state index in [0.717, 1.165) is 12.8 Å². The molecule has 0 bridgehead atoms. The third-order valence-electron chi connectivity index (χ3n) is 2.76. The van der Waals surface area contributed by atoms with E-state index in [9.17, 15) is 14.4 Å². The van der Waals surface area contributed by atoms with E-state index in [-0.39, 0.29) is 18.4 Å². The third kappa shape index (κ3) is 4.60. The van der Waals surface area contributed by atoms with Crippen molar-refractivity contribution in [2.75, 3.05) is 6.54 Å². The molecule has 1 aliphatic rings. The summed E-state index contributed by atoms with van der Waals surface area (Å²) in [6.45, 7) is 2.34. The number of urea groups is 1. The average molecular weight is 257 g/mol. The quantitative estimate of drug-likeness (QED) is 0.529. The van der Waals surface area contributed by atoms with Gasteiger partial charge in [-0.3, -0.25) is 4.79 Å².